The third-order valence-corrected chi connectivity index (χ3v) is 3.60. The summed E-state index contributed by atoms with van der Waals surface area (Å²) in [6.45, 7) is 5.64. The van der Waals surface area contributed by atoms with Crippen LogP contribution in [0.1, 0.15) is 26.3 Å². The van der Waals surface area contributed by atoms with Crippen molar-refractivity contribution in [2.24, 2.45) is 5.92 Å². The van der Waals surface area contributed by atoms with E-state index in [1.54, 1.807) is 27.8 Å². The number of benzene rings is 1. The maximum absolute atomic E-state index is 12.1. The van der Waals surface area contributed by atoms with Crippen molar-refractivity contribution in [2.45, 2.75) is 32.8 Å². The first-order valence-corrected chi connectivity index (χ1v) is 8.18. The summed E-state index contributed by atoms with van der Waals surface area (Å²) in [6.07, 6.45) is 0.0276. The molecule has 0 heterocycles. The molecular formula is C17H24BrNO4. The van der Waals surface area contributed by atoms with Crippen LogP contribution in [0.5, 0.6) is 0 Å². The molecule has 23 heavy (non-hydrogen) atoms. The van der Waals surface area contributed by atoms with Gasteiger partial charge in [0.1, 0.15) is 5.60 Å². The van der Waals surface area contributed by atoms with Crippen LogP contribution < -0.4 is 0 Å². The number of amides is 1. The van der Waals surface area contributed by atoms with Gasteiger partial charge in [-0.2, -0.15) is 0 Å². The Balaban J connectivity index is 2.79. The Labute approximate surface area is 146 Å². The van der Waals surface area contributed by atoms with Crippen LogP contribution in [0.25, 0.3) is 0 Å². The Morgan fingerprint density at radius 1 is 1.30 bits per heavy atom. The molecule has 0 bridgehead atoms. The summed E-state index contributed by atoms with van der Waals surface area (Å²) in [4.78, 5) is 25.5. The van der Waals surface area contributed by atoms with Gasteiger partial charge in [-0.05, 0) is 44.9 Å². The quantitative estimate of drug-likeness (QED) is 0.725. The highest BCUT2D eigenvalue weighted by Crippen LogP contribution is 2.17. The Kier molecular flexibility index (Phi) is 7.06. The van der Waals surface area contributed by atoms with Gasteiger partial charge in [0, 0.05) is 18.1 Å². The molecule has 0 saturated heterocycles. The van der Waals surface area contributed by atoms with Gasteiger partial charge in [-0.15, -0.1) is 0 Å². The van der Waals surface area contributed by atoms with E-state index in [-0.39, 0.29) is 12.5 Å². The SMILES string of the molecule is COC(=O)C(Cc1cccc(Br)c1)CN(C)C(=O)OC(C)(C)C. The molecule has 1 aromatic rings. The number of ether oxygens (including phenoxy) is 2. The predicted molar refractivity (Wildman–Crippen MR) is 92.2 cm³/mol. The largest absolute Gasteiger partial charge is 0.469 e. The second kappa shape index (κ2) is 8.34. The number of halogens is 1. The maximum atomic E-state index is 12.1. The topological polar surface area (TPSA) is 55.8 Å². The summed E-state index contributed by atoms with van der Waals surface area (Å²) in [5.41, 5.74) is 0.420. The van der Waals surface area contributed by atoms with Crippen LogP contribution in [0.2, 0.25) is 0 Å². The molecular weight excluding hydrogens is 362 g/mol. The second-order valence-corrected chi connectivity index (χ2v) is 7.33. The minimum absolute atomic E-state index is 0.230. The molecule has 0 saturated carbocycles. The van der Waals surface area contributed by atoms with E-state index in [4.69, 9.17) is 9.47 Å². The zero-order valence-electron chi connectivity index (χ0n) is 14.3. The van der Waals surface area contributed by atoms with Crippen molar-refractivity contribution in [3.05, 3.63) is 34.3 Å². The van der Waals surface area contributed by atoms with Crippen LogP contribution in [0, 0.1) is 5.92 Å². The van der Waals surface area contributed by atoms with Gasteiger partial charge in [0.25, 0.3) is 0 Å². The van der Waals surface area contributed by atoms with E-state index in [0.29, 0.717) is 6.42 Å². The van der Waals surface area contributed by atoms with Crippen LogP contribution in [0.15, 0.2) is 28.7 Å². The Hall–Kier alpha value is -1.56. The molecule has 0 aliphatic rings. The van der Waals surface area contributed by atoms with Crippen molar-refractivity contribution in [3.8, 4) is 0 Å². The Morgan fingerprint density at radius 2 is 1.96 bits per heavy atom. The van der Waals surface area contributed by atoms with E-state index in [9.17, 15) is 9.59 Å². The van der Waals surface area contributed by atoms with Crippen molar-refractivity contribution < 1.29 is 19.1 Å². The highest BCUT2D eigenvalue weighted by atomic mass is 79.9. The standard InChI is InChI=1S/C17H24BrNO4/c1-17(2,3)23-16(21)19(4)11-13(15(20)22-5)9-12-7-6-8-14(18)10-12/h6-8,10,13H,9,11H2,1-5H3. The number of hydrogen-bond donors (Lipinski definition) is 0. The van der Waals surface area contributed by atoms with Gasteiger partial charge in [0.15, 0.2) is 0 Å². The van der Waals surface area contributed by atoms with Crippen LogP contribution >= 0.6 is 15.9 Å². The molecule has 1 rings (SSSR count). The summed E-state index contributed by atoms with van der Waals surface area (Å²) in [5.74, 6) is -0.799. The molecule has 128 valence electrons. The molecule has 5 nitrogen and oxygen atoms in total. The lowest BCUT2D eigenvalue weighted by molar-refractivity contribution is -0.145. The highest BCUT2D eigenvalue weighted by molar-refractivity contribution is 9.10. The van der Waals surface area contributed by atoms with Gasteiger partial charge in [-0.1, -0.05) is 28.1 Å². The summed E-state index contributed by atoms with van der Waals surface area (Å²) in [5, 5.41) is 0. The normalized spacial score (nSPS) is 12.4. The summed E-state index contributed by atoms with van der Waals surface area (Å²) < 4.78 is 11.1. The third kappa shape index (κ3) is 7.03. The van der Waals surface area contributed by atoms with Crippen molar-refractivity contribution in [1.29, 1.82) is 0 Å². The molecule has 0 aliphatic carbocycles. The molecule has 0 aromatic heterocycles. The molecule has 0 aliphatic heterocycles. The maximum Gasteiger partial charge on any atom is 0.410 e. The third-order valence-electron chi connectivity index (χ3n) is 3.11. The predicted octanol–water partition coefficient (Wildman–Crippen LogP) is 3.65. The van der Waals surface area contributed by atoms with Crippen LogP contribution in [-0.2, 0) is 20.7 Å². The number of carbonyl (C=O) groups is 2. The van der Waals surface area contributed by atoms with E-state index in [1.165, 1.54) is 12.0 Å². The molecule has 0 fully saturated rings. The van der Waals surface area contributed by atoms with Gasteiger partial charge < -0.3 is 14.4 Å². The Bertz CT molecular complexity index is 554. The number of methoxy groups -OCH3 is 1. The molecule has 0 spiro atoms. The average Bonchev–Trinajstić information content (AvgIpc) is 2.43. The average molecular weight is 386 g/mol. The van der Waals surface area contributed by atoms with Crippen LogP contribution in [-0.4, -0.2) is 43.3 Å². The first-order valence-electron chi connectivity index (χ1n) is 7.38. The van der Waals surface area contributed by atoms with Gasteiger partial charge in [0.2, 0.25) is 0 Å². The van der Waals surface area contributed by atoms with Gasteiger partial charge >= 0.3 is 12.1 Å². The number of rotatable bonds is 5. The zero-order valence-corrected chi connectivity index (χ0v) is 15.8. The van der Waals surface area contributed by atoms with E-state index < -0.39 is 17.6 Å². The minimum atomic E-state index is -0.573. The first kappa shape index (κ1) is 19.5. The smallest absolute Gasteiger partial charge is 0.410 e. The van der Waals surface area contributed by atoms with Gasteiger partial charge in [0.05, 0.1) is 13.0 Å². The van der Waals surface area contributed by atoms with Gasteiger partial charge in [-0.25, -0.2) is 4.79 Å². The lowest BCUT2D eigenvalue weighted by atomic mass is 9.99. The van der Waals surface area contributed by atoms with Crippen molar-refractivity contribution >= 4 is 28.0 Å². The fourth-order valence-corrected chi connectivity index (χ4v) is 2.53. The minimum Gasteiger partial charge on any atom is -0.469 e. The molecule has 1 unspecified atom stereocenters. The first-order chi connectivity index (χ1) is 10.6. The number of esters is 1. The summed E-state index contributed by atoms with van der Waals surface area (Å²) in [7, 11) is 2.97. The molecule has 0 radical (unpaired) electrons. The van der Waals surface area contributed by atoms with E-state index >= 15 is 0 Å². The van der Waals surface area contributed by atoms with E-state index in [1.807, 2.05) is 24.3 Å². The Morgan fingerprint density at radius 3 is 2.48 bits per heavy atom. The fraction of sp³-hybridized carbons (Fsp3) is 0.529. The van der Waals surface area contributed by atoms with Crippen molar-refractivity contribution in [3.63, 3.8) is 0 Å². The van der Waals surface area contributed by atoms with Crippen molar-refractivity contribution in [1.82, 2.24) is 4.90 Å². The lowest BCUT2D eigenvalue weighted by Gasteiger charge is -2.27. The summed E-state index contributed by atoms with van der Waals surface area (Å²) in [6, 6.07) is 7.71. The zero-order chi connectivity index (χ0) is 17.6. The molecule has 1 amide bonds. The van der Waals surface area contributed by atoms with Crippen LogP contribution in [0.4, 0.5) is 4.79 Å². The molecule has 1 atom stereocenters. The second-order valence-electron chi connectivity index (χ2n) is 6.41. The highest BCUT2D eigenvalue weighted by Gasteiger charge is 2.26. The van der Waals surface area contributed by atoms with Gasteiger partial charge in [-0.3, -0.25) is 4.79 Å². The van der Waals surface area contributed by atoms with Crippen molar-refractivity contribution in [2.75, 3.05) is 20.7 Å². The fourth-order valence-electron chi connectivity index (χ4n) is 2.08. The number of carbonyl (C=O) groups excluding carboxylic acids is 2. The molecule has 0 N–H and O–H groups in total. The number of hydrogen-bond acceptors (Lipinski definition) is 4. The molecule has 1 aromatic carbocycles. The van der Waals surface area contributed by atoms with E-state index in [2.05, 4.69) is 15.9 Å². The molecule has 6 heteroatoms. The summed E-state index contributed by atoms with van der Waals surface area (Å²) >= 11 is 3.41. The van der Waals surface area contributed by atoms with Crippen LogP contribution in [0.3, 0.4) is 0 Å². The van der Waals surface area contributed by atoms with E-state index in [0.717, 1.165) is 10.0 Å². The number of nitrogens with zero attached hydrogens (tertiary/aromatic N) is 1. The monoisotopic (exact) mass is 385 g/mol. The lowest BCUT2D eigenvalue weighted by Crippen LogP contribution is -2.39.